The Hall–Kier alpha value is -2.87. The third-order valence-electron chi connectivity index (χ3n) is 6.27. The molecule has 0 unspecified atom stereocenters. The minimum Gasteiger partial charge on any atom is -0.381 e. The van der Waals surface area contributed by atoms with Crippen molar-refractivity contribution in [1.82, 2.24) is 9.55 Å². The molecule has 4 aromatic rings. The van der Waals surface area contributed by atoms with Crippen LogP contribution < -0.4 is 5.56 Å². The minimum absolute atomic E-state index is 0.198. The van der Waals surface area contributed by atoms with Gasteiger partial charge in [0.1, 0.15) is 11.6 Å². The molecule has 3 heterocycles. The van der Waals surface area contributed by atoms with E-state index in [2.05, 4.69) is 0 Å². The molecule has 35 heavy (non-hydrogen) atoms. The molecule has 0 aliphatic carbocycles. The van der Waals surface area contributed by atoms with Gasteiger partial charge < -0.3 is 4.74 Å². The number of thiazole rings is 1. The molecule has 0 amide bonds. The average Bonchev–Trinajstić information content (AvgIpc) is 3.25. The number of halogens is 3. The van der Waals surface area contributed by atoms with Gasteiger partial charge in [0, 0.05) is 53.6 Å². The van der Waals surface area contributed by atoms with Gasteiger partial charge in [0.2, 0.25) is 0 Å². The summed E-state index contributed by atoms with van der Waals surface area (Å²) in [5.41, 5.74) is 3.80. The predicted octanol–water partition coefficient (Wildman–Crippen LogP) is 7.07. The first-order valence-corrected chi connectivity index (χ1v) is 12.6. The molecule has 0 bridgehead atoms. The maximum absolute atomic E-state index is 14.9. The zero-order chi connectivity index (χ0) is 24.7. The number of benzene rings is 2. The summed E-state index contributed by atoms with van der Waals surface area (Å²) in [4.78, 5) is 18.4. The Bertz CT molecular complexity index is 1450. The zero-order valence-corrected chi connectivity index (χ0v) is 20.9. The van der Waals surface area contributed by atoms with Gasteiger partial charge in [0.15, 0.2) is 0 Å². The standard InChI is InChI=1S/C27H23ClF2N2O2S/c1-15-11-19(28)12-16(2)25(15)32-14-18(3-6-23(32)33)24-26(21-5-4-20(29)13-22(21)30)35-27(31-24)17-7-9-34-10-8-17/h3-6,11-14,17H,7-10H2,1-2H3. The van der Waals surface area contributed by atoms with Crippen molar-refractivity contribution >= 4 is 22.9 Å². The van der Waals surface area contributed by atoms with Crippen LogP contribution in [0.5, 0.6) is 0 Å². The molecule has 1 fully saturated rings. The van der Waals surface area contributed by atoms with Gasteiger partial charge in [-0.05, 0) is 68.1 Å². The SMILES string of the molecule is Cc1cc(Cl)cc(C)c1-n1cc(-c2nc(C3CCOCC3)sc2-c2ccc(F)cc2F)ccc1=O. The number of aryl methyl sites for hydroxylation is 2. The third-order valence-corrected chi connectivity index (χ3v) is 7.74. The lowest BCUT2D eigenvalue weighted by molar-refractivity contribution is 0.0853. The molecule has 4 nitrogen and oxygen atoms in total. The van der Waals surface area contributed by atoms with Gasteiger partial charge in [-0.1, -0.05) is 11.6 Å². The Morgan fingerprint density at radius 1 is 1.06 bits per heavy atom. The molecule has 2 aromatic heterocycles. The molecule has 1 aliphatic rings. The highest BCUT2D eigenvalue weighted by atomic mass is 35.5. The van der Waals surface area contributed by atoms with Gasteiger partial charge in [-0.25, -0.2) is 13.8 Å². The lowest BCUT2D eigenvalue weighted by Crippen LogP contribution is -2.18. The zero-order valence-electron chi connectivity index (χ0n) is 19.3. The second-order valence-corrected chi connectivity index (χ2v) is 10.2. The molecule has 1 saturated heterocycles. The number of hydrogen-bond acceptors (Lipinski definition) is 4. The number of ether oxygens (including phenoxy) is 1. The van der Waals surface area contributed by atoms with Crippen molar-refractivity contribution in [2.45, 2.75) is 32.6 Å². The number of aromatic nitrogens is 2. The molecule has 2 aromatic carbocycles. The Balaban J connectivity index is 1.70. The van der Waals surface area contributed by atoms with E-state index < -0.39 is 11.6 Å². The summed E-state index contributed by atoms with van der Waals surface area (Å²) >= 11 is 7.61. The molecule has 0 atom stereocenters. The quantitative estimate of drug-likeness (QED) is 0.294. The van der Waals surface area contributed by atoms with Crippen molar-refractivity contribution in [3.8, 4) is 27.4 Å². The van der Waals surface area contributed by atoms with Gasteiger partial charge in [0.25, 0.3) is 5.56 Å². The molecular weight excluding hydrogens is 490 g/mol. The molecule has 0 saturated carbocycles. The van der Waals surface area contributed by atoms with Gasteiger partial charge >= 0.3 is 0 Å². The van der Waals surface area contributed by atoms with E-state index >= 15 is 0 Å². The van der Waals surface area contributed by atoms with Crippen LogP contribution in [-0.4, -0.2) is 22.8 Å². The molecule has 8 heteroatoms. The minimum atomic E-state index is -0.647. The van der Waals surface area contributed by atoms with E-state index in [4.69, 9.17) is 21.3 Å². The van der Waals surface area contributed by atoms with Crippen molar-refractivity contribution < 1.29 is 13.5 Å². The first kappa shape index (κ1) is 23.9. The molecule has 1 aliphatic heterocycles. The Morgan fingerprint density at radius 2 is 1.77 bits per heavy atom. The number of rotatable bonds is 4. The summed E-state index contributed by atoms with van der Waals surface area (Å²) in [6, 6.07) is 10.4. The molecule has 180 valence electrons. The van der Waals surface area contributed by atoms with E-state index in [1.54, 1.807) is 16.8 Å². The second kappa shape index (κ2) is 9.64. The molecule has 0 spiro atoms. The predicted molar refractivity (Wildman–Crippen MR) is 136 cm³/mol. The van der Waals surface area contributed by atoms with Crippen LogP contribution >= 0.6 is 22.9 Å². The summed E-state index contributed by atoms with van der Waals surface area (Å²) in [5.74, 6) is -1.08. The van der Waals surface area contributed by atoms with Gasteiger partial charge in [-0.2, -0.15) is 0 Å². The van der Waals surface area contributed by atoms with E-state index in [1.807, 2.05) is 26.0 Å². The van der Waals surface area contributed by atoms with E-state index in [0.29, 0.717) is 34.4 Å². The monoisotopic (exact) mass is 512 g/mol. The van der Waals surface area contributed by atoms with E-state index in [0.717, 1.165) is 40.7 Å². The second-order valence-electron chi connectivity index (χ2n) is 8.75. The summed E-state index contributed by atoms with van der Waals surface area (Å²) in [5, 5.41) is 1.49. The Morgan fingerprint density at radius 3 is 2.46 bits per heavy atom. The molecular formula is C27H23ClF2N2O2S. The average molecular weight is 513 g/mol. The highest BCUT2D eigenvalue weighted by Crippen LogP contribution is 2.42. The van der Waals surface area contributed by atoms with Crippen LogP contribution in [0.1, 0.15) is 34.9 Å². The Labute approximate surface area is 210 Å². The fraction of sp³-hybridized carbons (Fsp3) is 0.259. The van der Waals surface area contributed by atoms with Crippen molar-refractivity contribution in [3.63, 3.8) is 0 Å². The van der Waals surface area contributed by atoms with Crippen LogP contribution in [0.25, 0.3) is 27.4 Å². The van der Waals surface area contributed by atoms with Crippen LogP contribution in [0.4, 0.5) is 8.78 Å². The van der Waals surface area contributed by atoms with Crippen LogP contribution in [-0.2, 0) is 4.74 Å². The first-order chi connectivity index (χ1) is 16.8. The van der Waals surface area contributed by atoms with Crippen molar-refractivity contribution in [1.29, 1.82) is 0 Å². The lowest BCUT2D eigenvalue weighted by atomic mass is 10.0. The lowest BCUT2D eigenvalue weighted by Gasteiger charge is -2.19. The smallest absolute Gasteiger partial charge is 0.255 e. The summed E-state index contributed by atoms with van der Waals surface area (Å²) < 4.78 is 35.6. The van der Waals surface area contributed by atoms with E-state index in [-0.39, 0.29) is 17.0 Å². The number of nitrogens with zero attached hydrogens (tertiary/aromatic N) is 2. The van der Waals surface area contributed by atoms with Crippen LogP contribution in [0.2, 0.25) is 5.02 Å². The van der Waals surface area contributed by atoms with Gasteiger partial charge in [0.05, 0.1) is 21.3 Å². The number of hydrogen-bond donors (Lipinski definition) is 0. The Kier molecular flexibility index (Phi) is 6.57. The molecule has 5 rings (SSSR count). The topological polar surface area (TPSA) is 44.1 Å². The largest absolute Gasteiger partial charge is 0.381 e. The molecule has 0 radical (unpaired) electrons. The highest BCUT2D eigenvalue weighted by molar-refractivity contribution is 7.15. The number of pyridine rings is 1. The van der Waals surface area contributed by atoms with E-state index in [9.17, 15) is 13.6 Å². The van der Waals surface area contributed by atoms with Crippen LogP contribution in [0.3, 0.4) is 0 Å². The maximum Gasteiger partial charge on any atom is 0.255 e. The van der Waals surface area contributed by atoms with E-state index in [1.165, 1.54) is 29.5 Å². The van der Waals surface area contributed by atoms with Crippen LogP contribution in [0, 0.1) is 25.5 Å². The van der Waals surface area contributed by atoms with Crippen LogP contribution in [0.15, 0.2) is 53.5 Å². The van der Waals surface area contributed by atoms with Crippen molar-refractivity contribution in [3.05, 3.63) is 91.8 Å². The van der Waals surface area contributed by atoms with Crippen molar-refractivity contribution in [2.75, 3.05) is 13.2 Å². The summed E-state index contributed by atoms with van der Waals surface area (Å²) in [7, 11) is 0. The normalized spacial score (nSPS) is 14.4. The fourth-order valence-corrected chi connectivity index (χ4v) is 6.20. The van der Waals surface area contributed by atoms with Gasteiger partial charge in [-0.3, -0.25) is 9.36 Å². The van der Waals surface area contributed by atoms with Crippen molar-refractivity contribution in [2.24, 2.45) is 0 Å². The molecule has 0 N–H and O–H groups in total. The fourth-order valence-electron chi connectivity index (χ4n) is 4.59. The third kappa shape index (κ3) is 4.68. The first-order valence-electron chi connectivity index (χ1n) is 11.4. The summed E-state index contributed by atoms with van der Waals surface area (Å²) in [6.45, 7) is 5.11. The maximum atomic E-state index is 14.9. The summed E-state index contributed by atoms with van der Waals surface area (Å²) in [6.07, 6.45) is 3.40. The highest BCUT2D eigenvalue weighted by Gasteiger charge is 2.25. The van der Waals surface area contributed by atoms with Gasteiger partial charge in [-0.15, -0.1) is 11.3 Å².